The highest BCUT2D eigenvalue weighted by Crippen LogP contribution is 2.13. The molecule has 0 aliphatic heterocycles. The summed E-state index contributed by atoms with van der Waals surface area (Å²) in [5.41, 5.74) is 2.77. The minimum Gasteiger partial charge on any atom is -0.375 e. The lowest BCUT2D eigenvalue weighted by Gasteiger charge is -2.19. The molecule has 0 spiro atoms. The fraction of sp³-hybridized carbons (Fsp3) is 0.263. The van der Waals surface area contributed by atoms with Crippen molar-refractivity contribution in [2.45, 2.75) is 13.3 Å². The first-order chi connectivity index (χ1) is 11.6. The van der Waals surface area contributed by atoms with Crippen molar-refractivity contribution in [3.8, 4) is 0 Å². The number of benzene rings is 1. The van der Waals surface area contributed by atoms with Crippen LogP contribution in [-0.2, 0) is 4.79 Å². The maximum Gasteiger partial charge on any atom is 0.244 e. The zero-order chi connectivity index (χ0) is 17.4. The molecule has 1 amide bonds. The van der Waals surface area contributed by atoms with Gasteiger partial charge in [0.2, 0.25) is 5.91 Å². The Bertz CT molecular complexity index is 684. The van der Waals surface area contributed by atoms with E-state index in [0.29, 0.717) is 6.54 Å². The van der Waals surface area contributed by atoms with Crippen LogP contribution in [0.3, 0.4) is 0 Å². The lowest BCUT2D eigenvalue weighted by atomic mass is 10.1. The molecule has 1 aromatic heterocycles. The van der Waals surface area contributed by atoms with E-state index in [1.165, 1.54) is 12.1 Å². The van der Waals surface area contributed by atoms with Gasteiger partial charge in [-0.2, -0.15) is 0 Å². The van der Waals surface area contributed by atoms with E-state index in [4.69, 9.17) is 0 Å². The highest BCUT2D eigenvalue weighted by molar-refractivity contribution is 5.94. The maximum absolute atomic E-state index is 12.9. The highest BCUT2D eigenvalue weighted by atomic mass is 19.1. The number of carbonyl (C=O) groups excluding carboxylic acids is 1. The standard InChI is InChI=1S/C19H22FN3O/c1-15(16-5-3-10-21-14-16)13-19(24)22-11-4-12-23(2)18-8-6-17(20)7-9-18/h3,5-10,13-14H,4,11-12H2,1-2H3,(H,22,24)/b15-13+. The van der Waals surface area contributed by atoms with Crippen molar-refractivity contribution < 1.29 is 9.18 Å². The summed E-state index contributed by atoms with van der Waals surface area (Å²) >= 11 is 0. The van der Waals surface area contributed by atoms with Gasteiger partial charge in [0, 0.05) is 44.3 Å². The lowest BCUT2D eigenvalue weighted by molar-refractivity contribution is -0.116. The number of nitrogens with one attached hydrogen (secondary N) is 1. The molecule has 5 heteroatoms. The fourth-order valence-corrected chi connectivity index (χ4v) is 2.28. The Labute approximate surface area is 142 Å². The molecule has 4 nitrogen and oxygen atoms in total. The smallest absolute Gasteiger partial charge is 0.244 e. The first kappa shape index (κ1) is 17.7. The van der Waals surface area contributed by atoms with Gasteiger partial charge in [-0.15, -0.1) is 0 Å². The van der Waals surface area contributed by atoms with Gasteiger partial charge in [-0.3, -0.25) is 9.78 Å². The second kappa shape index (κ2) is 8.82. The summed E-state index contributed by atoms with van der Waals surface area (Å²) in [6.07, 6.45) is 5.82. The molecule has 0 saturated heterocycles. The van der Waals surface area contributed by atoms with E-state index >= 15 is 0 Å². The molecule has 0 radical (unpaired) electrons. The summed E-state index contributed by atoms with van der Waals surface area (Å²) in [5, 5.41) is 2.88. The number of amides is 1. The second-order valence-corrected chi connectivity index (χ2v) is 5.61. The zero-order valence-corrected chi connectivity index (χ0v) is 14.0. The Balaban J connectivity index is 1.73. The molecular formula is C19H22FN3O. The monoisotopic (exact) mass is 327 g/mol. The lowest BCUT2D eigenvalue weighted by Crippen LogP contribution is -2.27. The van der Waals surface area contributed by atoms with E-state index in [0.717, 1.165) is 29.8 Å². The van der Waals surface area contributed by atoms with E-state index in [9.17, 15) is 9.18 Å². The van der Waals surface area contributed by atoms with Crippen molar-refractivity contribution in [1.29, 1.82) is 0 Å². The molecule has 24 heavy (non-hydrogen) atoms. The molecule has 0 atom stereocenters. The van der Waals surface area contributed by atoms with Crippen molar-refractivity contribution in [3.05, 3.63) is 66.2 Å². The number of allylic oxidation sites excluding steroid dienone is 1. The molecule has 0 saturated carbocycles. The van der Waals surface area contributed by atoms with Gasteiger partial charge in [-0.25, -0.2) is 4.39 Å². The molecule has 1 N–H and O–H groups in total. The number of nitrogens with zero attached hydrogens (tertiary/aromatic N) is 2. The van der Waals surface area contributed by atoms with Gasteiger partial charge in [0.1, 0.15) is 5.82 Å². The Morgan fingerprint density at radius 3 is 2.71 bits per heavy atom. The van der Waals surface area contributed by atoms with Crippen LogP contribution in [0.5, 0.6) is 0 Å². The number of anilines is 1. The molecule has 1 heterocycles. The SMILES string of the molecule is C/C(=C\C(=O)NCCCN(C)c1ccc(F)cc1)c1cccnc1. The Kier molecular flexibility index (Phi) is 6.49. The van der Waals surface area contributed by atoms with Gasteiger partial charge in [0.15, 0.2) is 0 Å². The van der Waals surface area contributed by atoms with E-state index in [1.54, 1.807) is 30.6 Å². The van der Waals surface area contributed by atoms with Crippen LogP contribution in [0.2, 0.25) is 0 Å². The van der Waals surface area contributed by atoms with Crippen molar-refractivity contribution in [2.24, 2.45) is 0 Å². The Morgan fingerprint density at radius 2 is 2.04 bits per heavy atom. The minimum atomic E-state index is -0.241. The molecule has 0 fully saturated rings. The third kappa shape index (κ3) is 5.50. The third-order valence-corrected chi connectivity index (χ3v) is 3.70. The van der Waals surface area contributed by atoms with Crippen LogP contribution in [0.1, 0.15) is 18.9 Å². The number of hydrogen-bond acceptors (Lipinski definition) is 3. The number of pyridine rings is 1. The van der Waals surface area contributed by atoms with Crippen LogP contribution in [0, 0.1) is 5.82 Å². The van der Waals surface area contributed by atoms with Gasteiger partial charge in [-0.05, 0) is 54.8 Å². The summed E-state index contributed by atoms with van der Waals surface area (Å²) in [7, 11) is 1.95. The zero-order valence-electron chi connectivity index (χ0n) is 14.0. The van der Waals surface area contributed by atoms with Gasteiger partial charge in [0.05, 0.1) is 0 Å². The van der Waals surface area contributed by atoms with Crippen LogP contribution in [0.4, 0.5) is 10.1 Å². The number of hydrogen-bond donors (Lipinski definition) is 1. The van der Waals surface area contributed by atoms with Gasteiger partial charge in [0.25, 0.3) is 0 Å². The average Bonchev–Trinajstić information content (AvgIpc) is 2.60. The van der Waals surface area contributed by atoms with Crippen LogP contribution in [0.25, 0.3) is 5.57 Å². The fourth-order valence-electron chi connectivity index (χ4n) is 2.28. The first-order valence-corrected chi connectivity index (χ1v) is 7.89. The van der Waals surface area contributed by atoms with Crippen molar-refractivity contribution in [2.75, 3.05) is 25.0 Å². The Morgan fingerprint density at radius 1 is 1.29 bits per heavy atom. The third-order valence-electron chi connectivity index (χ3n) is 3.70. The van der Waals surface area contributed by atoms with Crippen molar-refractivity contribution >= 4 is 17.2 Å². The van der Waals surface area contributed by atoms with Gasteiger partial charge in [-0.1, -0.05) is 6.07 Å². The predicted octanol–water partition coefficient (Wildman–Crippen LogP) is 3.27. The van der Waals surface area contributed by atoms with E-state index < -0.39 is 0 Å². The number of halogens is 1. The van der Waals surface area contributed by atoms with Crippen molar-refractivity contribution in [1.82, 2.24) is 10.3 Å². The highest BCUT2D eigenvalue weighted by Gasteiger charge is 2.03. The molecule has 126 valence electrons. The summed E-state index contributed by atoms with van der Waals surface area (Å²) in [6.45, 7) is 3.25. The molecule has 0 bridgehead atoms. The van der Waals surface area contributed by atoms with Crippen LogP contribution >= 0.6 is 0 Å². The van der Waals surface area contributed by atoms with E-state index in [2.05, 4.69) is 10.3 Å². The molecule has 2 rings (SSSR count). The van der Waals surface area contributed by atoms with Crippen molar-refractivity contribution in [3.63, 3.8) is 0 Å². The summed E-state index contributed by atoms with van der Waals surface area (Å²) in [4.78, 5) is 18.0. The molecule has 2 aromatic rings. The summed E-state index contributed by atoms with van der Waals surface area (Å²) in [5.74, 6) is -0.351. The Hall–Kier alpha value is -2.69. The van der Waals surface area contributed by atoms with E-state index in [-0.39, 0.29) is 11.7 Å². The second-order valence-electron chi connectivity index (χ2n) is 5.61. The molecule has 1 aromatic carbocycles. The normalized spacial score (nSPS) is 11.2. The van der Waals surface area contributed by atoms with Gasteiger partial charge < -0.3 is 10.2 Å². The predicted molar refractivity (Wildman–Crippen MR) is 95.2 cm³/mol. The van der Waals surface area contributed by atoms with Crippen LogP contribution < -0.4 is 10.2 Å². The molecule has 0 unspecified atom stereocenters. The quantitative estimate of drug-likeness (QED) is 0.627. The average molecular weight is 327 g/mol. The number of carbonyl (C=O) groups is 1. The molecular weight excluding hydrogens is 305 g/mol. The minimum absolute atomic E-state index is 0.110. The number of rotatable bonds is 7. The van der Waals surface area contributed by atoms with Crippen LogP contribution in [0.15, 0.2) is 54.9 Å². The van der Waals surface area contributed by atoms with Crippen LogP contribution in [-0.4, -0.2) is 31.0 Å². The molecule has 0 aliphatic rings. The topological polar surface area (TPSA) is 45.2 Å². The number of aromatic nitrogens is 1. The van der Waals surface area contributed by atoms with E-state index in [1.807, 2.05) is 31.0 Å². The molecule has 0 aliphatic carbocycles. The summed E-state index contributed by atoms with van der Waals surface area (Å²) < 4.78 is 12.9. The largest absolute Gasteiger partial charge is 0.375 e. The first-order valence-electron chi connectivity index (χ1n) is 7.89. The maximum atomic E-state index is 12.9. The summed E-state index contributed by atoms with van der Waals surface area (Å²) in [6, 6.07) is 10.1. The van der Waals surface area contributed by atoms with Gasteiger partial charge >= 0.3 is 0 Å².